The van der Waals surface area contributed by atoms with Crippen LogP contribution in [-0.2, 0) is 4.74 Å². The first-order valence-electron chi connectivity index (χ1n) is 7.21. The molecule has 0 bridgehead atoms. The fourth-order valence-corrected chi connectivity index (χ4v) is 2.66. The number of ether oxygens (including phenoxy) is 4. The Morgan fingerprint density at radius 1 is 0.952 bits per heavy atom. The van der Waals surface area contributed by atoms with Gasteiger partial charge in [0.15, 0.2) is 11.5 Å². The molecular formula is C16H22O5. The van der Waals surface area contributed by atoms with Crippen LogP contribution in [-0.4, -0.2) is 33.4 Å². The molecule has 0 atom stereocenters. The minimum atomic E-state index is -0.375. The molecule has 0 unspecified atom stereocenters. The summed E-state index contributed by atoms with van der Waals surface area (Å²) in [6.07, 6.45) is 5.31. The first-order chi connectivity index (χ1) is 10.2. The highest BCUT2D eigenvalue weighted by Crippen LogP contribution is 2.40. The number of methoxy groups -OCH3 is 3. The lowest BCUT2D eigenvalue weighted by atomic mass is 9.98. The standard InChI is InChI=1S/C16H22O5/c1-18-13-10-9-12(14(19-2)15(13)20-3)16(17)21-11-7-5-4-6-8-11/h9-11H,4-8H2,1-3H3. The molecule has 0 N–H and O–H groups in total. The first-order valence-corrected chi connectivity index (χ1v) is 7.21. The molecule has 1 fully saturated rings. The first kappa shape index (κ1) is 15.5. The minimum absolute atomic E-state index is 0.00375. The van der Waals surface area contributed by atoms with Crippen LogP contribution in [0.3, 0.4) is 0 Å². The highest BCUT2D eigenvalue weighted by Gasteiger charge is 2.24. The van der Waals surface area contributed by atoms with Crippen molar-refractivity contribution in [3.63, 3.8) is 0 Å². The molecule has 1 aliphatic carbocycles. The summed E-state index contributed by atoms with van der Waals surface area (Å²) in [5, 5.41) is 0. The van der Waals surface area contributed by atoms with Crippen molar-refractivity contribution in [1.29, 1.82) is 0 Å². The number of benzene rings is 1. The lowest BCUT2D eigenvalue weighted by Gasteiger charge is -2.22. The topological polar surface area (TPSA) is 54.0 Å². The molecule has 1 aromatic rings. The largest absolute Gasteiger partial charge is 0.493 e. The molecule has 0 amide bonds. The van der Waals surface area contributed by atoms with E-state index in [4.69, 9.17) is 18.9 Å². The quantitative estimate of drug-likeness (QED) is 0.781. The maximum atomic E-state index is 12.4. The molecule has 5 nitrogen and oxygen atoms in total. The van der Waals surface area contributed by atoms with Gasteiger partial charge < -0.3 is 18.9 Å². The van der Waals surface area contributed by atoms with Gasteiger partial charge in [-0.2, -0.15) is 0 Å². The summed E-state index contributed by atoms with van der Waals surface area (Å²) in [5.41, 5.74) is 0.362. The molecule has 1 saturated carbocycles. The van der Waals surface area contributed by atoms with Crippen LogP contribution in [0.1, 0.15) is 42.5 Å². The van der Waals surface area contributed by atoms with E-state index in [0.717, 1.165) is 25.7 Å². The Balaban J connectivity index is 2.23. The molecule has 0 aromatic heterocycles. The third kappa shape index (κ3) is 3.40. The second-order valence-corrected chi connectivity index (χ2v) is 5.05. The summed E-state index contributed by atoms with van der Waals surface area (Å²) >= 11 is 0. The highest BCUT2D eigenvalue weighted by atomic mass is 16.6. The number of carbonyl (C=O) groups excluding carboxylic acids is 1. The summed E-state index contributed by atoms with van der Waals surface area (Å²) in [4.78, 5) is 12.4. The van der Waals surface area contributed by atoms with Gasteiger partial charge in [0.2, 0.25) is 5.75 Å². The number of esters is 1. The highest BCUT2D eigenvalue weighted by molar-refractivity contribution is 5.94. The van der Waals surface area contributed by atoms with E-state index >= 15 is 0 Å². The molecule has 0 aliphatic heterocycles. The summed E-state index contributed by atoms with van der Waals surface area (Å²) in [5.74, 6) is 0.888. The molecule has 5 heteroatoms. The molecule has 116 valence electrons. The fraction of sp³-hybridized carbons (Fsp3) is 0.562. The molecule has 0 spiro atoms. The van der Waals surface area contributed by atoms with Crippen molar-refractivity contribution in [2.24, 2.45) is 0 Å². The zero-order chi connectivity index (χ0) is 15.2. The van der Waals surface area contributed by atoms with E-state index in [-0.39, 0.29) is 12.1 Å². The predicted octanol–water partition coefficient (Wildman–Crippen LogP) is 3.20. The van der Waals surface area contributed by atoms with E-state index in [2.05, 4.69) is 0 Å². The van der Waals surface area contributed by atoms with Gasteiger partial charge in [-0.05, 0) is 37.8 Å². The van der Waals surface area contributed by atoms with Gasteiger partial charge in [-0.25, -0.2) is 4.79 Å². The average molecular weight is 294 g/mol. The second-order valence-electron chi connectivity index (χ2n) is 5.05. The van der Waals surface area contributed by atoms with E-state index in [1.54, 1.807) is 12.1 Å². The van der Waals surface area contributed by atoms with Gasteiger partial charge in [0.1, 0.15) is 11.7 Å². The van der Waals surface area contributed by atoms with Crippen LogP contribution in [0.2, 0.25) is 0 Å². The van der Waals surface area contributed by atoms with Gasteiger partial charge in [-0.1, -0.05) is 6.42 Å². The van der Waals surface area contributed by atoms with Crippen molar-refractivity contribution in [3.05, 3.63) is 17.7 Å². The van der Waals surface area contributed by atoms with Crippen molar-refractivity contribution in [1.82, 2.24) is 0 Å². The van der Waals surface area contributed by atoms with E-state index in [0.29, 0.717) is 22.8 Å². The molecule has 1 aromatic carbocycles. The smallest absolute Gasteiger partial charge is 0.342 e. The van der Waals surface area contributed by atoms with Gasteiger partial charge in [0.05, 0.1) is 21.3 Å². The molecule has 21 heavy (non-hydrogen) atoms. The second kappa shape index (κ2) is 7.20. The molecule has 2 rings (SSSR count). The maximum absolute atomic E-state index is 12.4. The number of carbonyl (C=O) groups is 1. The SMILES string of the molecule is COc1ccc(C(=O)OC2CCCCC2)c(OC)c1OC. The Bertz CT molecular complexity index is 492. The van der Waals surface area contributed by atoms with Crippen molar-refractivity contribution in [2.75, 3.05) is 21.3 Å². The van der Waals surface area contributed by atoms with Gasteiger partial charge >= 0.3 is 5.97 Å². The Kier molecular flexibility index (Phi) is 5.31. The minimum Gasteiger partial charge on any atom is -0.493 e. The molecule has 0 heterocycles. The number of rotatable bonds is 5. The fourth-order valence-electron chi connectivity index (χ4n) is 2.66. The normalized spacial score (nSPS) is 15.4. The Labute approximate surface area is 125 Å². The monoisotopic (exact) mass is 294 g/mol. The summed E-state index contributed by atoms with van der Waals surface area (Å²) in [6, 6.07) is 3.32. The summed E-state index contributed by atoms with van der Waals surface area (Å²) < 4.78 is 21.4. The van der Waals surface area contributed by atoms with Crippen LogP contribution >= 0.6 is 0 Å². The van der Waals surface area contributed by atoms with E-state index in [1.165, 1.54) is 27.8 Å². The predicted molar refractivity (Wildman–Crippen MR) is 78.4 cm³/mol. The van der Waals surface area contributed by atoms with Crippen LogP contribution < -0.4 is 14.2 Å². The van der Waals surface area contributed by atoms with Gasteiger partial charge in [-0.3, -0.25) is 0 Å². The van der Waals surface area contributed by atoms with Crippen LogP contribution in [0, 0.1) is 0 Å². The third-order valence-electron chi connectivity index (χ3n) is 3.75. The van der Waals surface area contributed by atoms with Crippen molar-refractivity contribution in [3.8, 4) is 17.2 Å². The van der Waals surface area contributed by atoms with E-state index in [9.17, 15) is 4.79 Å². The van der Waals surface area contributed by atoms with E-state index < -0.39 is 0 Å². The molecule has 0 saturated heterocycles. The van der Waals surface area contributed by atoms with Gasteiger partial charge in [-0.15, -0.1) is 0 Å². The zero-order valence-corrected chi connectivity index (χ0v) is 12.8. The molecule has 1 aliphatic rings. The average Bonchev–Trinajstić information content (AvgIpc) is 2.53. The van der Waals surface area contributed by atoms with Gasteiger partial charge in [0, 0.05) is 0 Å². The van der Waals surface area contributed by atoms with E-state index in [1.807, 2.05) is 0 Å². The van der Waals surface area contributed by atoms with Crippen LogP contribution in [0.5, 0.6) is 17.2 Å². The third-order valence-corrected chi connectivity index (χ3v) is 3.75. The lowest BCUT2D eigenvalue weighted by Crippen LogP contribution is -2.21. The number of hydrogen-bond donors (Lipinski definition) is 0. The van der Waals surface area contributed by atoms with Crippen LogP contribution in [0.15, 0.2) is 12.1 Å². The van der Waals surface area contributed by atoms with Crippen molar-refractivity contribution < 1.29 is 23.7 Å². The summed E-state index contributed by atoms with van der Waals surface area (Å²) in [7, 11) is 4.54. The van der Waals surface area contributed by atoms with Crippen molar-refractivity contribution >= 4 is 5.97 Å². The zero-order valence-electron chi connectivity index (χ0n) is 12.8. The maximum Gasteiger partial charge on any atom is 0.342 e. The molecular weight excluding hydrogens is 272 g/mol. The Hall–Kier alpha value is -1.91. The van der Waals surface area contributed by atoms with Crippen molar-refractivity contribution in [2.45, 2.75) is 38.2 Å². The van der Waals surface area contributed by atoms with Crippen LogP contribution in [0.25, 0.3) is 0 Å². The Morgan fingerprint density at radius 2 is 1.62 bits per heavy atom. The summed E-state index contributed by atoms with van der Waals surface area (Å²) in [6.45, 7) is 0. The lowest BCUT2D eigenvalue weighted by molar-refractivity contribution is 0.0207. The van der Waals surface area contributed by atoms with Crippen LogP contribution in [0.4, 0.5) is 0 Å². The Morgan fingerprint density at radius 3 is 2.19 bits per heavy atom. The molecule has 0 radical (unpaired) electrons. The number of hydrogen-bond acceptors (Lipinski definition) is 5. The van der Waals surface area contributed by atoms with Gasteiger partial charge in [0.25, 0.3) is 0 Å².